The fraction of sp³-hybridized carbons (Fsp3) is 0.519. The van der Waals surface area contributed by atoms with Crippen molar-refractivity contribution in [3.05, 3.63) is 71.0 Å². The zero-order chi connectivity index (χ0) is 24.3. The summed E-state index contributed by atoms with van der Waals surface area (Å²) in [6.07, 6.45) is 3.86. The van der Waals surface area contributed by atoms with Gasteiger partial charge in [0.15, 0.2) is 0 Å². The predicted molar refractivity (Wildman–Crippen MR) is 131 cm³/mol. The fourth-order valence-corrected chi connectivity index (χ4v) is 7.01. The van der Waals surface area contributed by atoms with E-state index in [0.29, 0.717) is 17.5 Å². The Morgan fingerprint density at radius 3 is 2.24 bits per heavy atom. The maximum Gasteiger partial charge on any atom is 0.236 e. The minimum Gasteiger partial charge on any atom is -0.351 e. The third-order valence-corrected chi connectivity index (χ3v) is 9.39. The van der Waals surface area contributed by atoms with Gasteiger partial charge >= 0.3 is 0 Å². The Balaban J connectivity index is 1.31. The number of amides is 1. The van der Waals surface area contributed by atoms with Crippen molar-refractivity contribution in [3.63, 3.8) is 0 Å². The second-order valence-electron chi connectivity index (χ2n) is 9.87. The van der Waals surface area contributed by atoms with Gasteiger partial charge in [0.1, 0.15) is 17.5 Å². The van der Waals surface area contributed by atoms with Crippen LogP contribution in [0.1, 0.15) is 56.6 Å². The van der Waals surface area contributed by atoms with Crippen molar-refractivity contribution in [1.82, 2.24) is 10.2 Å². The molecule has 34 heavy (non-hydrogen) atoms. The number of thioether (sulfide) groups is 1. The smallest absolute Gasteiger partial charge is 0.236 e. The van der Waals surface area contributed by atoms with Crippen LogP contribution >= 0.6 is 11.8 Å². The number of halogens is 3. The maximum absolute atomic E-state index is 13.5. The van der Waals surface area contributed by atoms with E-state index in [-0.39, 0.29) is 24.2 Å². The molecular formula is C27H33F3N2OS. The number of hydrogen-bond acceptors (Lipinski definition) is 3. The van der Waals surface area contributed by atoms with E-state index in [1.807, 2.05) is 12.1 Å². The molecule has 7 heteroatoms. The Bertz CT molecular complexity index is 962. The molecule has 1 unspecified atom stereocenters. The molecule has 0 saturated carbocycles. The lowest BCUT2D eigenvalue weighted by molar-refractivity contribution is -0.125. The molecule has 2 heterocycles. The van der Waals surface area contributed by atoms with Crippen LogP contribution in [0, 0.1) is 23.4 Å². The summed E-state index contributed by atoms with van der Waals surface area (Å²) in [5.41, 5.74) is 1.64. The van der Waals surface area contributed by atoms with Gasteiger partial charge in [0.25, 0.3) is 0 Å². The average Bonchev–Trinajstić information content (AvgIpc) is 2.82. The van der Waals surface area contributed by atoms with Crippen molar-refractivity contribution < 1.29 is 18.0 Å². The number of hydrogen-bond donors (Lipinski definition) is 1. The molecule has 2 saturated heterocycles. The molecular weight excluding hydrogens is 457 g/mol. The van der Waals surface area contributed by atoms with Crippen LogP contribution in [0.3, 0.4) is 0 Å². The van der Waals surface area contributed by atoms with Gasteiger partial charge in [-0.3, -0.25) is 9.69 Å². The summed E-state index contributed by atoms with van der Waals surface area (Å²) in [6, 6.07) is 10.7. The quantitative estimate of drug-likeness (QED) is 0.548. The van der Waals surface area contributed by atoms with Gasteiger partial charge < -0.3 is 5.32 Å². The lowest BCUT2D eigenvalue weighted by Crippen LogP contribution is -2.54. The Kier molecular flexibility index (Phi) is 7.93. The summed E-state index contributed by atoms with van der Waals surface area (Å²) < 4.78 is 39.7. The number of carbonyl (C=O) groups is 1. The normalized spacial score (nSPS) is 24.4. The molecule has 1 amide bonds. The molecule has 0 bridgehead atoms. The van der Waals surface area contributed by atoms with Crippen molar-refractivity contribution >= 4 is 17.7 Å². The Morgan fingerprint density at radius 1 is 1.03 bits per heavy atom. The number of nitrogens with one attached hydrogen (secondary N) is 1. The molecule has 2 atom stereocenters. The van der Waals surface area contributed by atoms with Gasteiger partial charge in [-0.2, -0.15) is 0 Å². The highest BCUT2D eigenvalue weighted by atomic mass is 32.2. The van der Waals surface area contributed by atoms with E-state index in [9.17, 15) is 18.0 Å². The van der Waals surface area contributed by atoms with E-state index < -0.39 is 16.4 Å². The largest absolute Gasteiger partial charge is 0.351 e. The lowest BCUT2D eigenvalue weighted by atomic mass is 9.85. The van der Waals surface area contributed by atoms with Crippen molar-refractivity contribution in [3.8, 4) is 0 Å². The number of nitrogens with zero attached hydrogens (tertiary/aromatic N) is 1. The second kappa shape index (κ2) is 10.7. The molecule has 1 N–H and O–H groups in total. The molecule has 0 aromatic heterocycles. The SMILES string of the molecule is CC(C)[C@]1(C(=O)NCc2cc(F)cc(F)c2)CCC(N2CCC(c3ccc(F)cc3)CC2)CS1. The number of rotatable bonds is 6. The molecule has 3 nitrogen and oxygen atoms in total. The monoisotopic (exact) mass is 490 g/mol. The highest BCUT2D eigenvalue weighted by Crippen LogP contribution is 2.44. The van der Waals surface area contributed by atoms with Gasteiger partial charge in [-0.15, -0.1) is 11.8 Å². The molecule has 2 aliphatic heterocycles. The summed E-state index contributed by atoms with van der Waals surface area (Å²) in [5, 5.41) is 2.93. The molecule has 184 valence electrons. The van der Waals surface area contributed by atoms with Gasteiger partial charge in [-0.1, -0.05) is 26.0 Å². The number of piperidine rings is 1. The van der Waals surface area contributed by atoms with Gasteiger partial charge in [0.05, 0.1) is 4.75 Å². The number of carbonyl (C=O) groups excluding carboxylic acids is 1. The Morgan fingerprint density at radius 2 is 1.68 bits per heavy atom. The zero-order valence-corrected chi connectivity index (χ0v) is 20.6. The van der Waals surface area contributed by atoms with Crippen molar-refractivity contribution in [2.45, 2.75) is 62.8 Å². The minimum absolute atomic E-state index is 0.0503. The van der Waals surface area contributed by atoms with E-state index in [1.54, 1.807) is 23.9 Å². The van der Waals surface area contributed by atoms with E-state index >= 15 is 0 Å². The summed E-state index contributed by atoms with van der Waals surface area (Å²) in [7, 11) is 0. The third-order valence-electron chi connectivity index (χ3n) is 7.46. The lowest BCUT2D eigenvalue weighted by Gasteiger charge is -2.46. The van der Waals surface area contributed by atoms with Crippen LogP contribution in [-0.2, 0) is 11.3 Å². The molecule has 0 spiro atoms. The van der Waals surface area contributed by atoms with E-state index in [0.717, 1.165) is 50.6 Å². The predicted octanol–water partition coefficient (Wildman–Crippen LogP) is 5.89. The minimum atomic E-state index is -0.638. The summed E-state index contributed by atoms with van der Waals surface area (Å²) in [4.78, 5) is 15.8. The van der Waals surface area contributed by atoms with Crippen molar-refractivity contribution in [1.29, 1.82) is 0 Å². The molecule has 2 aliphatic rings. The highest BCUT2D eigenvalue weighted by Gasteiger charge is 2.46. The van der Waals surface area contributed by atoms with E-state index in [1.165, 1.54) is 17.7 Å². The zero-order valence-electron chi connectivity index (χ0n) is 19.8. The molecule has 0 aliphatic carbocycles. The van der Waals surface area contributed by atoms with Crippen LogP contribution < -0.4 is 5.32 Å². The first-order valence-electron chi connectivity index (χ1n) is 12.1. The molecule has 4 rings (SSSR count). The van der Waals surface area contributed by atoms with Crippen LogP contribution in [0.15, 0.2) is 42.5 Å². The molecule has 2 aromatic carbocycles. The van der Waals surface area contributed by atoms with Gasteiger partial charge in [-0.05, 0) is 86.0 Å². The van der Waals surface area contributed by atoms with E-state index in [2.05, 4.69) is 24.1 Å². The van der Waals surface area contributed by atoms with Gasteiger partial charge in [0, 0.05) is 24.4 Å². The van der Waals surface area contributed by atoms with Crippen molar-refractivity contribution in [2.24, 2.45) is 5.92 Å². The van der Waals surface area contributed by atoms with Crippen LogP contribution in [0.5, 0.6) is 0 Å². The molecule has 2 aromatic rings. The first-order chi connectivity index (χ1) is 16.3. The number of benzene rings is 2. The average molecular weight is 491 g/mol. The van der Waals surface area contributed by atoms with E-state index in [4.69, 9.17) is 0 Å². The fourth-order valence-electron chi connectivity index (χ4n) is 5.34. The first kappa shape index (κ1) is 25.1. The van der Waals surface area contributed by atoms with Crippen LogP contribution in [0.4, 0.5) is 13.2 Å². The first-order valence-corrected chi connectivity index (χ1v) is 13.1. The highest BCUT2D eigenvalue weighted by molar-refractivity contribution is 8.01. The molecule has 2 fully saturated rings. The summed E-state index contributed by atoms with van der Waals surface area (Å²) in [6.45, 7) is 6.29. The Labute approximate surface area is 204 Å². The van der Waals surface area contributed by atoms with Crippen LogP contribution in [0.25, 0.3) is 0 Å². The summed E-state index contributed by atoms with van der Waals surface area (Å²) in [5.74, 6) is -0.0108. The van der Waals surface area contributed by atoms with Gasteiger partial charge in [-0.25, -0.2) is 13.2 Å². The van der Waals surface area contributed by atoms with Crippen molar-refractivity contribution in [2.75, 3.05) is 18.8 Å². The summed E-state index contributed by atoms with van der Waals surface area (Å²) >= 11 is 1.73. The molecule has 0 radical (unpaired) electrons. The van der Waals surface area contributed by atoms with Gasteiger partial charge in [0.2, 0.25) is 5.91 Å². The standard InChI is InChI=1S/C27H33F3N2OS/c1-18(2)27(26(33)31-16-19-13-23(29)15-24(30)14-19)10-7-25(17-34-27)32-11-8-21(9-12-32)20-3-5-22(28)6-4-20/h3-6,13-15,18,21,25H,7-12,16-17H2,1-2H3,(H,31,33)/t25?,27-/m0/s1. The number of likely N-dealkylation sites (tertiary alicyclic amines) is 1. The van der Waals surface area contributed by atoms with Crippen LogP contribution in [0.2, 0.25) is 0 Å². The van der Waals surface area contributed by atoms with Crippen LogP contribution in [-0.4, -0.2) is 40.4 Å². The second-order valence-corrected chi connectivity index (χ2v) is 11.2. The topological polar surface area (TPSA) is 32.3 Å². The maximum atomic E-state index is 13.5. The third kappa shape index (κ3) is 5.62. The Hall–Kier alpha value is -1.99.